The average molecular weight is 352 g/mol. The van der Waals surface area contributed by atoms with Gasteiger partial charge in [0.1, 0.15) is 0 Å². The van der Waals surface area contributed by atoms with Gasteiger partial charge in [0.2, 0.25) is 0 Å². The van der Waals surface area contributed by atoms with Crippen LogP contribution in [0.3, 0.4) is 0 Å². The van der Waals surface area contributed by atoms with Gasteiger partial charge >= 0.3 is 0 Å². The van der Waals surface area contributed by atoms with Crippen molar-refractivity contribution in [2.75, 3.05) is 0 Å². The molecular formula is C22H28N2O2. The van der Waals surface area contributed by atoms with Gasteiger partial charge in [0.25, 0.3) is 11.8 Å². The number of rotatable bonds is 7. The molecule has 26 heavy (non-hydrogen) atoms. The lowest BCUT2D eigenvalue weighted by Crippen LogP contribution is -2.33. The van der Waals surface area contributed by atoms with Crippen LogP contribution in [0.1, 0.15) is 59.0 Å². The van der Waals surface area contributed by atoms with Gasteiger partial charge in [-0.15, -0.1) is 0 Å². The molecule has 0 heterocycles. The number of carbonyl (C=O) groups excluding carboxylic acids is 2. The monoisotopic (exact) mass is 352 g/mol. The SMILES string of the molecule is Cc1ccc(C(=O)NC(C)CCc2cccc(C(=O)NC(C)C)c2)cc1. The summed E-state index contributed by atoms with van der Waals surface area (Å²) in [5.41, 5.74) is 3.58. The molecule has 0 saturated heterocycles. The molecule has 2 amide bonds. The van der Waals surface area contributed by atoms with Gasteiger partial charge < -0.3 is 10.6 Å². The zero-order valence-corrected chi connectivity index (χ0v) is 16.0. The second-order valence-corrected chi connectivity index (χ2v) is 7.11. The summed E-state index contributed by atoms with van der Waals surface area (Å²) in [5.74, 6) is -0.106. The molecule has 0 radical (unpaired) electrons. The molecule has 1 atom stereocenters. The number of nitrogens with one attached hydrogen (secondary N) is 2. The van der Waals surface area contributed by atoms with Gasteiger partial charge in [-0.2, -0.15) is 0 Å². The van der Waals surface area contributed by atoms with Crippen LogP contribution in [0.4, 0.5) is 0 Å². The number of amides is 2. The van der Waals surface area contributed by atoms with Crippen molar-refractivity contribution in [2.24, 2.45) is 0 Å². The van der Waals surface area contributed by atoms with E-state index in [2.05, 4.69) is 10.6 Å². The molecule has 2 rings (SSSR count). The predicted octanol–water partition coefficient (Wildman–Crippen LogP) is 3.88. The number of benzene rings is 2. The lowest BCUT2D eigenvalue weighted by Gasteiger charge is -2.14. The van der Waals surface area contributed by atoms with Crippen molar-refractivity contribution in [3.8, 4) is 0 Å². The summed E-state index contributed by atoms with van der Waals surface area (Å²) in [7, 11) is 0. The highest BCUT2D eigenvalue weighted by Gasteiger charge is 2.11. The third-order valence-corrected chi connectivity index (χ3v) is 4.17. The fourth-order valence-corrected chi connectivity index (χ4v) is 2.68. The first-order valence-corrected chi connectivity index (χ1v) is 9.12. The van der Waals surface area contributed by atoms with Crippen molar-refractivity contribution in [3.63, 3.8) is 0 Å². The zero-order chi connectivity index (χ0) is 19.1. The molecule has 0 aliphatic rings. The van der Waals surface area contributed by atoms with Gasteiger partial charge in [-0.3, -0.25) is 9.59 Å². The third kappa shape index (κ3) is 6.03. The number of hydrogen-bond donors (Lipinski definition) is 2. The average Bonchev–Trinajstić information content (AvgIpc) is 2.60. The molecule has 4 nitrogen and oxygen atoms in total. The Kier molecular flexibility index (Phi) is 6.96. The summed E-state index contributed by atoms with van der Waals surface area (Å²) in [6.45, 7) is 7.89. The Morgan fingerprint density at radius 3 is 2.19 bits per heavy atom. The van der Waals surface area contributed by atoms with Gasteiger partial charge in [-0.05, 0) is 70.4 Å². The topological polar surface area (TPSA) is 58.2 Å². The van der Waals surface area contributed by atoms with E-state index < -0.39 is 0 Å². The van der Waals surface area contributed by atoms with E-state index in [1.807, 2.05) is 76.2 Å². The van der Waals surface area contributed by atoms with E-state index in [4.69, 9.17) is 0 Å². The van der Waals surface area contributed by atoms with E-state index in [-0.39, 0.29) is 23.9 Å². The Labute approximate surface area is 156 Å². The van der Waals surface area contributed by atoms with E-state index in [9.17, 15) is 9.59 Å². The van der Waals surface area contributed by atoms with E-state index in [1.165, 1.54) is 0 Å². The summed E-state index contributed by atoms with van der Waals surface area (Å²) < 4.78 is 0. The molecule has 2 aromatic rings. The summed E-state index contributed by atoms with van der Waals surface area (Å²) in [6, 6.07) is 15.4. The van der Waals surface area contributed by atoms with Gasteiger partial charge in [0.05, 0.1) is 0 Å². The molecule has 0 aliphatic heterocycles. The smallest absolute Gasteiger partial charge is 0.251 e. The second-order valence-electron chi connectivity index (χ2n) is 7.11. The van der Waals surface area contributed by atoms with Crippen molar-refractivity contribution in [2.45, 2.75) is 52.6 Å². The van der Waals surface area contributed by atoms with Crippen molar-refractivity contribution in [1.29, 1.82) is 0 Å². The molecule has 0 fully saturated rings. The largest absolute Gasteiger partial charge is 0.350 e. The summed E-state index contributed by atoms with van der Waals surface area (Å²) in [6.07, 6.45) is 1.62. The van der Waals surface area contributed by atoms with Crippen LogP contribution in [-0.4, -0.2) is 23.9 Å². The molecule has 1 unspecified atom stereocenters. The number of hydrogen-bond acceptors (Lipinski definition) is 2. The Morgan fingerprint density at radius 1 is 0.885 bits per heavy atom. The van der Waals surface area contributed by atoms with Crippen LogP contribution in [0.5, 0.6) is 0 Å². The molecule has 0 saturated carbocycles. The van der Waals surface area contributed by atoms with E-state index in [0.717, 1.165) is 24.0 Å². The van der Waals surface area contributed by atoms with Crippen LogP contribution in [0.15, 0.2) is 48.5 Å². The summed E-state index contributed by atoms with van der Waals surface area (Å²) in [5, 5.41) is 5.93. The normalized spacial score (nSPS) is 11.9. The first kappa shape index (κ1) is 19.7. The van der Waals surface area contributed by atoms with Crippen LogP contribution < -0.4 is 10.6 Å². The number of carbonyl (C=O) groups is 2. The third-order valence-electron chi connectivity index (χ3n) is 4.17. The molecule has 0 spiro atoms. The van der Waals surface area contributed by atoms with E-state index in [0.29, 0.717) is 11.1 Å². The minimum Gasteiger partial charge on any atom is -0.350 e. The highest BCUT2D eigenvalue weighted by Crippen LogP contribution is 2.10. The highest BCUT2D eigenvalue weighted by atomic mass is 16.2. The number of aryl methyl sites for hydroxylation is 2. The van der Waals surface area contributed by atoms with Crippen LogP contribution >= 0.6 is 0 Å². The maximum Gasteiger partial charge on any atom is 0.251 e. The molecule has 2 N–H and O–H groups in total. The maximum absolute atomic E-state index is 12.3. The molecule has 0 aliphatic carbocycles. The lowest BCUT2D eigenvalue weighted by molar-refractivity contribution is 0.0932. The molecule has 0 aromatic heterocycles. The van der Waals surface area contributed by atoms with Crippen LogP contribution in [0, 0.1) is 6.92 Å². The van der Waals surface area contributed by atoms with Gasteiger partial charge in [-0.25, -0.2) is 0 Å². The van der Waals surface area contributed by atoms with E-state index in [1.54, 1.807) is 0 Å². The van der Waals surface area contributed by atoms with Crippen molar-refractivity contribution in [3.05, 3.63) is 70.8 Å². The summed E-state index contributed by atoms with van der Waals surface area (Å²) in [4.78, 5) is 24.4. The molecule has 138 valence electrons. The van der Waals surface area contributed by atoms with E-state index >= 15 is 0 Å². The molecular weight excluding hydrogens is 324 g/mol. The van der Waals surface area contributed by atoms with Crippen LogP contribution in [-0.2, 0) is 6.42 Å². The minimum atomic E-state index is -0.0532. The Bertz CT molecular complexity index is 751. The Morgan fingerprint density at radius 2 is 1.54 bits per heavy atom. The first-order valence-electron chi connectivity index (χ1n) is 9.12. The summed E-state index contributed by atoms with van der Waals surface area (Å²) >= 11 is 0. The lowest BCUT2D eigenvalue weighted by atomic mass is 10.0. The quantitative estimate of drug-likeness (QED) is 0.794. The fourth-order valence-electron chi connectivity index (χ4n) is 2.68. The molecule has 2 aromatic carbocycles. The van der Waals surface area contributed by atoms with Crippen LogP contribution in [0.2, 0.25) is 0 Å². The molecule has 4 heteroatoms. The predicted molar refractivity (Wildman–Crippen MR) is 105 cm³/mol. The maximum atomic E-state index is 12.3. The van der Waals surface area contributed by atoms with Crippen molar-refractivity contribution in [1.82, 2.24) is 10.6 Å². The highest BCUT2D eigenvalue weighted by molar-refractivity contribution is 5.95. The second kappa shape index (κ2) is 9.18. The Balaban J connectivity index is 1.88. The van der Waals surface area contributed by atoms with Crippen molar-refractivity contribution >= 4 is 11.8 Å². The fraction of sp³-hybridized carbons (Fsp3) is 0.364. The van der Waals surface area contributed by atoms with Gasteiger partial charge in [0, 0.05) is 23.2 Å². The van der Waals surface area contributed by atoms with Crippen LogP contribution in [0.25, 0.3) is 0 Å². The van der Waals surface area contributed by atoms with Crippen molar-refractivity contribution < 1.29 is 9.59 Å². The van der Waals surface area contributed by atoms with Gasteiger partial charge in [0.15, 0.2) is 0 Å². The first-order chi connectivity index (χ1) is 12.3. The zero-order valence-electron chi connectivity index (χ0n) is 16.0. The molecule has 0 bridgehead atoms. The Hall–Kier alpha value is -2.62. The van der Waals surface area contributed by atoms with Gasteiger partial charge in [-0.1, -0.05) is 29.8 Å². The standard InChI is InChI=1S/C22H28N2O2/c1-15(2)23-22(26)20-7-5-6-18(14-20)11-10-17(4)24-21(25)19-12-8-16(3)9-13-19/h5-9,12-15,17H,10-11H2,1-4H3,(H,23,26)(H,24,25). The minimum absolute atomic E-state index is 0.0527.